The molecule has 4 nitrogen and oxygen atoms in total. The first-order valence-corrected chi connectivity index (χ1v) is 8.12. The molecule has 1 aliphatic rings. The third kappa shape index (κ3) is 5.80. The van der Waals surface area contributed by atoms with Crippen LogP contribution in [0.5, 0.6) is 0 Å². The Balaban J connectivity index is 2.22. The average molecular weight is 284 g/mol. The number of β-amino-alcohol motifs (C(OH)–C–C–N with tert-alkyl or cyclic N) is 1. The summed E-state index contributed by atoms with van der Waals surface area (Å²) in [7, 11) is 0. The van der Waals surface area contributed by atoms with Gasteiger partial charge in [0.15, 0.2) is 0 Å². The molecule has 1 aliphatic heterocycles. The van der Waals surface area contributed by atoms with Crippen LogP contribution in [-0.4, -0.2) is 48.2 Å². The predicted molar refractivity (Wildman–Crippen MR) is 82.5 cm³/mol. The molecule has 0 aliphatic carbocycles. The van der Waals surface area contributed by atoms with E-state index >= 15 is 0 Å². The van der Waals surface area contributed by atoms with Crippen molar-refractivity contribution in [2.24, 2.45) is 17.8 Å². The predicted octanol–water partition coefficient (Wildman–Crippen LogP) is 1.88. The van der Waals surface area contributed by atoms with Crippen LogP contribution in [0.4, 0.5) is 0 Å². The Labute approximate surface area is 123 Å². The molecule has 0 spiro atoms. The van der Waals surface area contributed by atoms with Gasteiger partial charge in [-0.05, 0) is 37.8 Å². The Bertz CT molecular complexity index is 288. The molecule has 118 valence electrons. The summed E-state index contributed by atoms with van der Waals surface area (Å²) in [4.78, 5) is 14.2. The van der Waals surface area contributed by atoms with Gasteiger partial charge in [0, 0.05) is 19.0 Å². The summed E-state index contributed by atoms with van der Waals surface area (Å²) >= 11 is 0. The van der Waals surface area contributed by atoms with Crippen LogP contribution in [0.15, 0.2) is 0 Å². The minimum atomic E-state index is -0.462. The smallest absolute Gasteiger partial charge is 0.223 e. The average Bonchev–Trinajstić information content (AvgIpc) is 2.45. The Morgan fingerprint density at radius 3 is 2.50 bits per heavy atom. The largest absolute Gasteiger partial charge is 0.390 e. The van der Waals surface area contributed by atoms with E-state index in [1.54, 1.807) is 0 Å². The van der Waals surface area contributed by atoms with Crippen LogP contribution in [0.2, 0.25) is 0 Å². The van der Waals surface area contributed by atoms with Crippen molar-refractivity contribution >= 4 is 5.91 Å². The zero-order valence-electron chi connectivity index (χ0n) is 13.6. The number of piperidine rings is 1. The molecule has 0 bridgehead atoms. The highest BCUT2D eigenvalue weighted by atomic mass is 16.3. The topological polar surface area (TPSA) is 52.6 Å². The summed E-state index contributed by atoms with van der Waals surface area (Å²) in [5.41, 5.74) is 0. The first kappa shape index (κ1) is 17.4. The monoisotopic (exact) mass is 284 g/mol. The molecule has 0 saturated carbocycles. The van der Waals surface area contributed by atoms with Crippen molar-refractivity contribution in [3.8, 4) is 0 Å². The Morgan fingerprint density at radius 1 is 1.35 bits per heavy atom. The number of amides is 1. The molecule has 3 atom stereocenters. The summed E-state index contributed by atoms with van der Waals surface area (Å²) in [6.45, 7) is 11.6. The standard InChI is InChI=1S/C16H32N2O2/c1-5-13(3)14(4)16(20)17-10-15(19)11-18-8-6-12(2)7-9-18/h12-15,19H,5-11H2,1-4H3,(H,17,20). The second kappa shape index (κ2) is 8.63. The number of likely N-dealkylation sites (tertiary alicyclic amines) is 1. The van der Waals surface area contributed by atoms with E-state index < -0.39 is 6.10 Å². The van der Waals surface area contributed by atoms with Gasteiger partial charge >= 0.3 is 0 Å². The van der Waals surface area contributed by atoms with Gasteiger partial charge < -0.3 is 15.3 Å². The molecule has 1 heterocycles. The van der Waals surface area contributed by atoms with Gasteiger partial charge in [-0.25, -0.2) is 0 Å². The number of hydrogen-bond acceptors (Lipinski definition) is 3. The lowest BCUT2D eigenvalue weighted by molar-refractivity contribution is -0.126. The van der Waals surface area contributed by atoms with Crippen LogP contribution < -0.4 is 5.32 Å². The lowest BCUT2D eigenvalue weighted by Crippen LogP contribution is -2.44. The second-order valence-corrected chi connectivity index (χ2v) is 6.56. The van der Waals surface area contributed by atoms with Gasteiger partial charge in [-0.1, -0.05) is 34.1 Å². The molecule has 0 aromatic carbocycles. The second-order valence-electron chi connectivity index (χ2n) is 6.56. The van der Waals surface area contributed by atoms with Crippen LogP contribution in [0.1, 0.15) is 47.0 Å². The fraction of sp³-hybridized carbons (Fsp3) is 0.938. The van der Waals surface area contributed by atoms with Crippen LogP contribution >= 0.6 is 0 Å². The van der Waals surface area contributed by atoms with Crippen molar-refractivity contribution < 1.29 is 9.90 Å². The fourth-order valence-electron chi connectivity index (χ4n) is 2.60. The van der Waals surface area contributed by atoms with Gasteiger partial charge in [0.2, 0.25) is 5.91 Å². The Morgan fingerprint density at radius 2 is 1.95 bits per heavy atom. The molecule has 20 heavy (non-hydrogen) atoms. The van der Waals surface area contributed by atoms with E-state index in [-0.39, 0.29) is 11.8 Å². The minimum Gasteiger partial charge on any atom is -0.390 e. The van der Waals surface area contributed by atoms with Gasteiger partial charge in [0.25, 0.3) is 0 Å². The van der Waals surface area contributed by atoms with Crippen LogP contribution in [0.25, 0.3) is 0 Å². The SMILES string of the molecule is CCC(C)C(C)C(=O)NCC(O)CN1CCC(C)CC1. The Hall–Kier alpha value is -0.610. The van der Waals surface area contributed by atoms with Crippen LogP contribution in [0.3, 0.4) is 0 Å². The molecule has 1 amide bonds. The van der Waals surface area contributed by atoms with Gasteiger partial charge in [-0.15, -0.1) is 0 Å². The summed E-state index contributed by atoms with van der Waals surface area (Å²) in [5, 5.41) is 12.9. The maximum absolute atomic E-state index is 11.9. The lowest BCUT2D eigenvalue weighted by Gasteiger charge is -2.31. The van der Waals surface area contributed by atoms with E-state index in [0.717, 1.165) is 25.4 Å². The first-order chi connectivity index (χ1) is 9.43. The molecule has 0 aromatic rings. The number of hydrogen-bond donors (Lipinski definition) is 2. The summed E-state index contributed by atoms with van der Waals surface area (Å²) in [5.74, 6) is 1.27. The fourth-order valence-corrected chi connectivity index (χ4v) is 2.60. The third-order valence-corrected chi connectivity index (χ3v) is 4.77. The molecule has 1 saturated heterocycles. The summed E-state index contributed by atoms with van der Waals surface area (Å²) < 4.78 is 0. The van der Waals surface area contributed by atoms with Crippen molar-refractivity contribution in [1.29, 1.82) is 0 Å². The van der Waals surface area contributed by atoms with Crippen molar-refractivity contribution in [3.05, 3.63) is 0 Å². The van der Waals surface area contributed by atoms with Crippen LogP contribution in [-0.2, 0) is 4.79 Å². The molecule has 0 radical (unpaired) electrons. The van der Waals surface area contributed by atoms with E-state index in [9.17, 15) is 9.90 Å². The molecule has 1 rings (SSSR count). The molecule has 1 fully saturated rings. The Kier molecular flexibility index (Phi) is 7.52. The summed E-state index contributed by atoms with van der Waals surface area (Å²) in [6.07, 6.45) is 2.97. The zero-order valence-corrected chi connectivity index (χ0v) is 13.6. The number of rotatable bonds is 7. The van der Waals surface area contributed by atoms with E-state index in [1.165, 1.54) is 12.8 Å². The van der Waals surface area contributed by atoms with Crippen molar-refractivity contribution in [3.63, 3.8) is 0 Å². The number of carbonyl (C=O) groups is 1. The van der Waals surface area contributed by atoms with Crippen molar-refractivity contribution in [2.75, 3.05) is 26.2 Å². The van der Waals surface area contributed by atoms with Gasteiger partial charge in [-0.2, -0.15) is 0 Å². The van der Waals surface area contributed by atoms with Gasteiger partial charge in [0.05, 0.1) is 6.10 Å². The van der Waals surface area contributed by atoms with Gasteiger partial charge in [0.1, 0.15) is 0 Å². The minimum absolute atomic E-state index is 0.0167. The number of aliphatic hydroxyl groups excluding tert-OH is 1. The highest BCUT2D eigenvalue weighted by molar-refractivity contribution is 5.78. The van der Waals surface area contributed by atoms with Crippen molar-refractivity contribution in [1.82, 2.24) is 10.2 Å². The maximum atomic E-state index is 11.9. The summed E-state index contributed by atoms with van der Waals surface area (Å²) in [6, 6.07) is 0. The lowest BCUT2D eigenvalue weighted by atomic mass is 9.93. The van der Waals surface area contributed by atoms with E-state index in [2.05, 4.69) is 31.0 Å². The number of nitrogens with one attached hydrogen (secondary N) is 1. The molecule has 3 unspecified atom stereocenters. The van der Waals surface area contributed by atoms with Crippen molar-refractivity contribution in [2.45, 2.75) is 53.1 Å². The normalized spacial score (nSPS) is 22.2. The zero-order chi connectivity index (χ0) is 15.1. The molecule has 2 N–H and O–H groups in total. The maximum Gasteiger partial charge on any atom is 0.223 e. The van der Waals surface area contributed by atoms with E-state index in [1.807, 2.05) is 6.92 Å². The van der Waals surface area contributed by atoms with E-state index in [4.69, 9.17) is 0 Å². The third-order valence-electron chi connectivity index (χ3n) is 4.77. The van der Waals surface area contributed by atoms with Gasteiger partial charge in [-0.3, -0.25) is 4.79 Å². The number of nitrogens with zero attached hydrogens (tertiary/aromatic N) is 1. The first-order valence-electron chi connectivity index (χ1n) is 8.12. The highest BCUT2D eigenvalue weighted by Gasteiger charge is 2.21. The molecular weight excluding hydrogens is 252 g/mol. The van der Waals surface area contributed by atoms with Crippen LogP contribution in [0, 0.1) is 17.8 Å². The molecular formula is C16H32N2O2. The van der Waals surface area contributed by atoms with E-state index in [0.29, 0.717) is 19.0 Å². The molecule has 4 heteroatoms. The quantitative estimate of drug-likeness (QED) is 0.750. The number of carbonyl (C=O) groups excluding carboxylic acids is 1. The molecule has 0 aromatic heterocycles. The highest BCUT2D eigenvalue weighted by Crippen LogP contribution is 2.16. The number of aliphatic hydroxyl groups is 1.